The molecule has 1 saturated heterocycles. The second kappa shape index (κ2) is 7.77. The summed E-state index contributed by atoms with van der Waals surface area (Å²) in [5.74, 6) is 0. The highest BCUT2D eigenvalue weighted by Gasteiger charge is 2.23. The summed E-state index contributed by atoms with van der Waals surface area (Å²) in [7, 11) is 2.18. The SMILES string of the molecule is Cc1sc(N(CCC2CCCN2C)c2ccc(C#N)cc2)nc1C=O. The maximum absolute atomic E-state index is 11.2. The van der Waals surface area contributed by atoms with Crippen LogP contribution in [0, 0.1) is 18.3 Å². The van der Waals surface area contributed by atoms with Crippen molar-refractivity contribution in [1.82, 2.24) is 9.88 Å². The summed E-state index contributed by atoms with van der Waals surface area (Å²) in [4.78, 5) is 21.2. The zero-order valence-electron chi connectivity index (χ0n) is 14.6. The van der Waals surface area contributed by atoms with Crippen molar-refractivity contribution in [2.24, 2.45) is 0 Å². The van der Waals surface area contributed by atoms with Crippen molar-refractivity contribution >= 4 is 28.4 Å². The van der Waals surface area contributed by atoms with Crippen LogP contribution in [0.1, 0.15) is 40.2 Å². The van der Waals surface area contributed by atoms with Gasteiger partial charge in [0.25, 0.3) is 0 Å². The quantitative estimate of drug-likeness (QED) is 0.739. The van der Waals surface area contributed by atoms with Crippen LogP contribution in [0.25, 0.3) is 0 Å². The molecule has 1 aromatic carbocycles. The van der Waals surface area contributed by atoms with Crippen LogP contribution in [0.5, 0.6) is 0 Å². The number of benzene rings is 1. The number of nitriles is 1. The van der Waals surface area contributed by atoms with E-state index in [0.29, 0.717) is 17.3 Å². The molecule has 1 aliphatic rings. The van der Waals surface area contributed by atoms with Crippen LogP contribution in [-0.4, -0.2) is 42.3 Å². The average Bonchev–Trinajstić information content (AvgIpc) is 3.21. The van der Waals surface area contributed by atoms with Gasteiger partial charge in [0.1, 0.15) is 5.69 Å². The largest absolute Gasteiger partial charge is 0.318 e. The van der Waals surface area contributed by atoms with Crippen LogP contribution >= 0.6 is 11.3 Å². The second-order valence-corrected chi connectivity index (χ2v) is 7.61. The number of hydrogen-bond acceptors (Lipinski definition) is 6. The number of carbonyl (C=O) groups excluding carboxylic acids is 1. The van der Waals surface area contributed by atoms with Gasteiger partial charge in [0.15, 0.2) is 11.4 Å². The molecule has 0 saturated carbocycles. The Bertz CT molecular complexity index is 778. The van der Waals surface area contributed by atoms with Crippen molar-refractivity contribution < 1.29 is 4.79 Å². The molecule has 25 heavy (non-hydrogen) atoms. The van der Waals surface area contributed by atoms with Gasteiger partial charge < -0.3 is 9.80 Å². The van der Waals surface area contributed by atoms with Crippen LogP contribution in [0.15, 0.2) is 24.3 Å². The van der Waals surface area contributed by atoms with E-state index < -0.39 is 0 Å². The van der Waals surface area contributed by atoms with Gasteiger partial charge in [-0.1, -0.05) is 0 Å². The summed E-state index contributed by atoms with van der Waals surface area (Å²) in [5.41, 5.74) is 2.16. The number of carbonyl (C=O) groups is 1. The van der Waals surface area contributed by atoms with Crippen LogP contribution in [0.2, 0.25) is 0 Å². The molecule has 1 aliphatic heterocycles. The molecule has 0 spiro atoms. The lowest BCUT2D eigenvalue weighted by Gasteiger charge is -2.26. The molecule has 1 unspecified atom stereocenters. The van der Waals surface area contributed by atoms with Gasteiger partial charge in [0, 0.05) is 23.2 Å². The minimum absolute atomic E-state index is 0.511. The Morgan fingerprint density at radius 3 is 2.76 bits per heavy atom. The first-order chi connectivity index (χ1) is 12.1. The molecule has 5 nitrogen and oxygen atoms in total. The third-order valence-electron chi connectivity index (χ3n) is 4.83. The monoisotopic (exact) mass is 354 g/mol. The number of nitrogens with zero attached hydrogens (tertiary/aromatic N) is 4. The molecule has 130 valence electrons. The predicted octanol–water partition coefficient (Wildman–Crippen LogP) is 3.76. The fourth-order valence-electron chi connectivity index (χ4n) is 3.29. The Balaban J connectivity index is 1.86. The standard InChI is InChI=1S/C19H22N4OS/c1-14-18(13-24)21-19(25-14)23(11-9-16-4-3-10-22(16)2)17-7-5-15(12-20)6-8-17/h5-8,13,16H,3-4,9-11H2,1-2H3. The fourth-order valence-corrected chi connectivity index (χ4v) is 4.21. The van der Waals surface area contributed by atoms with Crippen LogP contribution < -0.4 is 4.90 Å². The third kappa shape index (κ3) is 3.89. The van der Waals surface area contributed by atoms with Crippen molar-refractivity contribution in [2.45, 2.75) is 32.2 Å². The minimum Gasteiger partial charge on any atom is -0.318 e. The van der Waals surface area contributed by atoms with Crippen LogP contribution in [0.4, 0.5) is 10.8 Å². The second-order valence-electron chi connectivity index (χ2n) is 6.43. The summed E-state index contributed by atoms with van der Waals surface area (Å²) >= 11 is 1.54. The number of aromatic nitrogens is 1. The lowest BCUT2D eigenvalue weighted by atomic mass is 10.1. The van der Waals surface area contributed by atoms with Crippen molar-refractivity contribution in [2.75, 3.05) is 25.0 Å². The van der Waals surface area contributed by atoms with Crippen molar-refractivity contribution in [3.05, 3.63) is 40.4 Å². The van der Waals surface area contributed by atoms with E-state index in [4.69, 9.17) is 5.26 Å². The van der Waals surface area contributed by atoms with Crippen LogP contribution in [0.3, 0.4) is 0 Å². The number of anilines is 2. The van der Waals surface area contributed by atoms with E-state index in [-0.39, 0.29) is 0 Å². The first-order valence-corrected chi connectivity index (χ1v) is 9.34. The van der Waals surface area contributed by atoms with Crippen LogP contribution in [-0.2, 0) is 0 Å². The molecule has 6 heteroatoms. The molecule has 0 bridgehead atoms. The highest BCUT2D eigenvalue weighted by Crippen LogP contribution is 2.32. The normalized spacial score (nSPS) is 17.4. The predicted molar refractivity (Wildman–Crippen MR) is 101 cm³/mol. The maximum atomic E-state index is 11.2. The summed E-state index contributed by atoms with van der Waals surface area (Å²) in [6, 6.07) is 10.3. The summed E-state index contributed by atoms with van der Waals surface area (Å²) in [5, 5.41) is 9.85. The van der Waals surface area contributed by atoms with E-state index >= 15 is 0 Å². The highest BCUT2D eigenvalue weighted by atomic mass is 32.1. The van der Waals surface area contributed by atoms with E-state index in [9.17, 15) is 4.79 Å². The van der Waals surface area contributed by atoms with E-state index in [1.807, 2.05) is 31.2 Å². The summed E-state index contributed by atoms with van der Waals surface area (Å²) < 4.78 is 0. The topological polar surface area (TPSA) is 60.2 Å². The number of thiazole rings is 1. The van der Waals surface area contributed by atoms with Gasteiger partial charge in [-0.05, 0) is 64.0 Å². The number of rotatable bonds is 6. The van der Waals surface area contributed by atoms with Gasteiger partial charge in [-0.3, -0.25) is 4.79 Å². The van der Waals surface area contributed by atoms with E-state index in [0.717, 1.165) is 41.5 Å². The molecule has 0 aliphatic carbocycles. The number of aldehydes is 1. The molecule has 2 heterocycles. The van der Waals surface area contributed by atoms with Gasteiger partial charge in [0.05, 0.1) is 11.6 Å². The molecule has 1 aromatic heterocycles. The third-order valence-corrected chi connectivity index (χ3v) is 5.84. The van der Waals surface area contributed by atoms with Gasteiger partial charge in [0.2, 0.25) is 0 Å². The molecule has 0 amide bonds. The zero-order valence-corrected chi connectivity index (χ0v) is 15.4. The van der Waals surface area contributed by atoms with Crippen molar-refractivity contribution in [3.8, 4) is 6.07 Å². The highest BCUT2D eigenvalue weighted by molar-refractivity contribution is 7.15. The van der Waals surface area contributed by atoms with Gasteiger partial charge in [-0.2, -0.15) is 5.26 Å². The molecule has 2 aromatic rings. The maximum Gasteiger partial charge on any atom is 0.190 e. The fraction of sp³-hybridized carbons (Fsp3) is 0.421. The number of likely N-dealkylation sites (tertiary alicyclic amines) is 1. The summed E-state index contributed by atoms with van der Waals surface area (Å²) in [6.45, 7) is 3.92. The first kappa shape index (κ1) is 17.6. The van der Waals surface area contributed by atoms with Crippen molar-refractivity contribution in [3.63, 3.8) is 0 Å². The van der Waals surface area contributed by atoms with E-state index in [1.54, 1.807) is 11.3 Å². The lowest BCUT2D eigenvalue weighted by Crippen LogP contribution is -2.30. The molecule has 1 fully saturated rings. The first-order valence-electron chi connectivity index (χ1n) is 8.53. The van der Waals surface area contributed by atoms with Crippen molar-refractivity contribution in [1.29, 1.82) is 5.26 Å². The van der Waals surface area contributed by atoms with E-state index in [2.05, 4.69) is 27.9 Å². The zero-order chi connectivity index (χ0) is 17.8. The average molecular weight is 354 g/mol. The summed E-state index contributed by atoms with van der Waals surface area (Å²) in [6.07, 6.45) is 4.35. The Kier molecular flexibility index (Phi) is 5.47. The molecular weight excluding hydrogens is 332 g/mol. The Morgan fingerprint density at radius 2 is 2.20 bits per heavy atom. The van der Waals surface area contributed by atoms with E-state index in [1.165, 1.54) is 12.8 Å². The molecule has 0 N–H and O–H groups in total. The molecule has 1 atom stereocenters. The molecular formula is C19H22N4OS. The molecule has 3 rings (SSSR count). The van der Waals surface area contributed by atoms with Gasteiger partial charge in [-0.15, -0.1) is 11.3 Å². The minimum atomic E-state index is 0.511. The Morgan fingerprint density at radius 1 is 1.44 bits per heavy atom. The number of aryl methyl sites for hydroxylation is 1. The van der Waals surface area contributed by atoms with Gasteiger partial charge >= 0.3 is 0 Å². The lowest BCUT2D eigenvalue weighted by molar-refractivity contribution is 0.111. The Labute approximate surface area is 152 Å². The number of hydrogen-bond donors (Lipinski definition) is 0. The van der Waals surface area contributed by atoms with Gasteiger partial charge in [-0.25, -0.2) is 4.98 Å². The molecule has 0 radical (unpaired) electrons. The Hall–Kier alpha value is -2.23. The smallest absolute Gasteiger partial charge is 0.190 e.